The lowest BCUT2D eigenvalue weighted by molar-refractivity contribution is -0.142. The molecular weight excluding hydrogens is 376 g/mol. The van der Waals surface area contributed by atoms with Crippen LogP contribution in [0.25, 0.3) is 11.1 Å². The number of ether oxygens (including phenoxy) is 1. The maximum absolute atomic E-state index is 12.2. The molecule has 0 aliphatic carbocycles. The van der Waals surface area contributed by atoms with Crippen LogP contribution in [0.3, 0.4) is 0 Å². The molecular formula is C25H26N2O3. The zero-order valence-electron chi connectivity index (χ0n) is 17.0. The van der Waals surface area contributed by atoms with Gasteiger partial charge in [-0.1, -0.05) is 72.8 Å². The maximum Gasteiger partial charge on any atom is 0.322 e. The van der Waals surface area contributed by atoms with E-state index < -0.39 is 12.0 Å². The summed E-state index contributed by atoms with van der Waals surface area (Å²) in [5.74, 6) is -0.336. The van der Waals surface area contributed by atoms with Gasteiger partial charge in [0.1, 0.15) is 6.04 Å². The van der Waals surface area contributed by atoms with E-state index in [2.05, 4.69) is 16.1 Å². The van der Waals surface area contributed by atoms with E-state index in [1.54, 1.807) is 0 Å². The lowest BCUT2D eigenvalue weighted by atomic mass is 9.99. The summed E-state index contributed by atoms with van der Waals surface area (Å²) < 4.78 is 4.67. The van der Waals surface area contributed by atoms with Crippen molar-refractivity contribution < 1.29 is 14.3 Å². The fraction of sp³-hybridized carbons (Fsp3) is 0.200. The molecule has 0 radical (unpaired) electrons. The molecule has 3 rings (SSSR count). The topological polar surface area (TPSA) is 81.4 Å². The molecule has 0 aliphatic rings. The van der Waals surface area contributed by atoms with Crippen LogP contribution in [0.5, 0.6) is 0 Å². The number of carbonyl (C=O) groups is 2. The summed E-state index contributed by atoms with van der Waals surface area (Å²) in [6, 6.07) is 24.8. The molecule has 154 valence electrons. The van der Waals surface area contributed by atoms with Crippen LogP contribution in [0.1, 0.15) is 21.5 Å². The molecule has 5 heteroatoms. The molecule has 30 heavy (non-hydrogen) atoms. The van der Waals surface area contributed by atoms with Gasteiger partial charge in [-0.05, 0) is 34.7 Å². The highest BCUT2D eigenvalue weighted by Gasteiger charge is 2.14. The summed E-state index contributed by atoms with van der Waals surface area (Å²) in [6.45, 7) is 0.905. The molecule has 0 amide bonds. The molecule has 3 aromatic rings. The molecule has 0 aromatic heterocycles. The summed E-state index contributed by atoms with van der Waals surface area (Å²) in [5, 5.41) is 3.22. The highest BCUT2D eigenvalue weighted by Crippen LogP contribution is 2.21. The number of hydrogen-bond donors (Lipinski definition) is 2. The summed E-state index contributed by atoms with van der Waals surface area (Å²) in [7, 11) is 1.34. The van der Waals surface area contributed by atoms with Crippen LogP contribution >= 0.6 is 0 Å². The fourth-order valence-corrected chi connectivity index (χ4v) is 3.23. The van der Waals surface area contributed by atoms with Crippen molar-refractivity contribution in [2.75, 3.05) is 13.7 Å². The van der Waals surface area contributed by atoms with Gasteiger partial charge in [0.25, 0.3) is 0 Å². The van der Waals surface area contributed by atoms with Gasteiger partial charge in [0.15, 0.2) is 5.78 Å². The Morgan fingerprint density at radius 3 is 2.33 bits per heavy atom. The molecule has 0 spiro atoms. The van der Waals surface area contributed by atoms with E-state index in [0.29, 0.717) is 25.1 Å². The second kappa shape index (κ2) is 10.5. The second-order valence-electron chi connectivity index (χ2n) is 7.12. The number of nitrogens with one attached hydrogen (secondary N) is 1. The molecule has 0 saturated heterocycles. The molecule has 0 heterocycles. The largest absolute Gasteiger partial charge is 0.468 e. The average Bonchev–Trinajstić information content (AvgIpc) is 2.79. The number of Topliss-reactive ketones (excluding diaryl/α,β-unsaturated/α-hetero) is 1. The highest BCUT2D eigenvalue weighted by molar-refractivity contribution is 5.97. The first-order valence-electron chi connectivity index (χ1n) is 9.87. The van der Waals surface area contributed by atoms with Crippen LogP contribution in [0, 0.1) is 0 Å². The molecule has 0 unspecified atom stereocenters. The Hall–Kier alpha value is -3.28. The Kier molecular flexibility index (Phi) is 7.49. The summed E-state index contributed by atoms with van der Waals surface area (Å²) in [5.41, 5.74) is 10.8. The minimum atomic E-state index is -0.658. The lowest BCUT2D eigenvalue weighted by Crippen LogP contribution is -2.33. The standard InChI is InChI=1S/C25H26N2O3/c1-30-25(29)23(26)15-18-10-12-20(13-11-18)22-9-5-6-19(14-22)16-27-17-24(28)21-7-3-2-4-8-21/h2-14,23,27H,15-17,26H2,1H3/t23-/m1/s1. The van der Waals surface area contributed by atoms with Gasteiger partial charge in [-0.15, -0.1) is 0 Å². The first-order chi connectivity index (χ1) is 14.6. The number of rotatable bonds is 9. The van der Waals surface area contributed by atoms with E-state index in [0.717, 1.165) is 22.3 Å². The highest BCUT2D eigenvalue weighted by atomic mass is 16.5. The van der Waals surface area contributed by atoms with Gasteiger partial charge < -0.3 is 15.8 Å². The number of nitrogens with two attached hydrogens (primary N) is 1. The van der Waals surface area contributed by atoms with E-state index >= 15 is 0 Å². The van der Waals surface area contributed by atoms with E-state index in [-0.39, 0.29) is 5.78 Å². The molecule has 3 aromatic carbocycles. The third-order valence-corrected chi connectivity index (χ3v) is 4.88. The van der Waals surface area contributed by atoms with Gasteiger partial charge in [0, 0.05) is 12.1 Å². The van der Waals surface area contributed by atoms with Crippen molar-refractivity contribution in [3.63, 3.8) is 0 Å². The summed E-state index contributed by atoms with van der Waals surface area (Å²) in [4.78, 5) is 23.7. The Morgan fingerprint density at radius 1 is 0.900 bits per heavy atom. The Balaban J connectivity index is 1.58. The van der Waals surface area contributed by atoms with Crippen molar-refractivity contribution in [3.05, 3.63) is 95.6 Å². The van der Waals surface area contributed by atoms with Crippen LogP contribution in [0.15, 0.2) is 78.9 Å². The molecule has 1 atom stereocenters. The molecule has 5 nitrogen and oxygen atoms in total. The third kappa shape index (κ3) is 5.86. The van der Waals surface area contributed by atoms with E-state index in [1.807, 2.05) is 72.8 Å². The van der Waals surface area contributed by atoms with E-state index in [9.17, 15) is 9.59 Å². The van der Waals surface area contributed by atoms with Crippen LogP contribution in [0.4, 0.5) is 0 Å². The number of benzene rings is 3. The monoisotopic (exact) mass is 402 g/mol. The van der Waals surface area contributed by atoms with Crippen molar-refractivity contribution in [2.24, 2.45) is 5.73 Å². The van der Waals surface area contributed by atoms with E-state index in [1.165, 1.54) is 7.11 Å². The van der Waals surface area contributed by atoms with Gasteiger partial charge in [-0.2, -0.15) is 0 Å². The zero-order chi connectivity index (χ0) is 21.3. The van der Waals surface area contributed by atoms with Crippen LogP contribution in [-0.4, -0.2) is 31.4 Å². The third-order valence-electron chi connectivity index (χ3n) is 4.88. The first kappa shape index (κ1) is 21.4. The number of carbonyl (C=O) groups excluding carboxylic acids is 2. The minimum Gasteiger partial charge on any atom is -0.468 e. The quantitative estimate of drug-likeness (QED) is 0.424. The van der Waals surface area contributed by atoms with Crippen molar-refractivity contribution in [1.82, 2.24) is 5.32 Å². The Bertz CT molecular complexity index is 985. The van der Waals surface area contributed by atoms with Crippen molar-refractivity contribution >= 4 is 11.8 Å². The average molecular weight is 402 g/mol. The minimum absolute atomic E-state index is 0.0764. The smallest absolute Gasteiger partial charge is 0.322 e. The van der Waals surface area contributed by atoms with Gasteiger partial charge >= 0.3 is 5.97 Å². The summed E-state index contributed by atoms with van der Waals surface area (Å²) >= 11 is 0. The van der Waals surface area contributed by atoms with Crippen molar-refractivity contribution in [1.29, 1.82) is 0 Å². The zero-order valence-corrected chi connectivity index (χ0v) is 17.0. The first-order valence-corrected chi connectivity index (χ1v) is 9.87. The Labute approximate surface area is 176 Å². The fourth-order valence-electron chi connectivity index (χ4n) is 3.23. The van der Waals surface area contributed by atoms with Crippen molar-refractivity contribution in [2.45, 2.75) is 19.0 Å². The predicted octanol–water partition coefficient (Wildman–Crippen LogP) is 3.37. The van der Waals surface area contributed by atoms with Crippen LogP contribution in [0.2, 0.25) is 0 Å². The van der Waals surface area contributed by atoms with Gasteiger partial charge in [0.2, 0.25) is 0 Å². The number of methoxy groups -OCH3 is 1. The SMILES string of the molecule is COC(=O)[C@H](N)Cc1ccc(-c2cccc(CNCC(=O)c3ccccc3)c2)cc1. The van der Waals surface area contributed by atoms with E-state index in [4.69, 9.17) is 5.73 Å². The number of ketones is 1. The molecule has 0 bridgehead atoms. The Morgan fingerprint density at radius 2 is 1.63 bits per heavy atom. The molecule has 0 aliphatic heterocycles. The van der Waals surface area contributed by atoms with Crippen LogP contribution < -0.4 is 11.1 Å². The summed E-state index contributed by atoms with van der Waals surface area (Å²) in [6.07, 6.45) is 0.437. The van der Waals surface area contributed by atoms with Crippen LogP contribution in [-0.2, 0) is 22.5 Å². The molecule has 0 saturated carbocycles. The second-order valence-corrected chi connectivity index (χ2v) is 7.12. The number of hydrogen-bond acceptors (Lipinski definition) is 5. The van der Waals surface area contributed by atoms with Gasteiger partial charge in [-0.3, -0.25) is 9.59 Å². The number of esters is 1. The normalized spacial score (nSPS) is 11.7. The lowest BCUT2D eigenvalue weighted by Gasteiger charge is -2.10. The van der Waals surface area contributed by atoms with Gasteiger partial charge in [-0.25, -0.2) is 0 Å². The van der Waals surface area contributed by atoms with Crippen molar-refractivity contribution in [3.8, 4) is 11.1 Å². The molecule has 0 fully saturated rings. The molecule has 3 N–H and O–H groups in total. The van der Waals surface area contributed by atoms with Gasteiger partial charge in [0.05, 0.1) is 13.7 Å². The maximum atomic E-state index is 12.2. The predicted molar refractivity (Wildman–Crippen MR) is 118 cm³/mol.